The van der Waals surface area contributed by atoms with E-state index in [2.05, 4.69) is 16.7 Å². The summed E-state index contributed by atoms with van der Waals surface area (Å²) in [4.78, 5) is 2.06. The highest BCUT2D eigenvalue weighted by Gasteiger charge is 1.99. The van der Waals surface area contributed by atoms with E-state index in [1.165, 1.54) is 5.56 Å². The molecule has 0 aliphatic rings. The standard InChI is InChI=1S/C14H19NO2/c1-15(8-10-17)12-14-7-4-6-13(11-14)5-2-3-9-16/h4,6-7,11,16-17H,3,8-10,12H2,1H3. The Kier molecular flexibility index (Phi) is 6.34. The van der Waals surface area contributed by atoms with Crippen LogP contribution in [0.2, 0.25) is 0 Å². The lowest BCUT2D eigenvalue weighted by molar-refractivity contribution is 0.217. The second kappa shape index (κ2) is 7.86. The predicted octanol–water partition coefficient (Wildman–Crippen LogP) is 0.845. The van der Waals surface area contributed by atoms with Gasteiger partial charge in [0.2, 0.25) is 0 Å². The van der Waals surface area contributed by atoms with Gasteiger partial charge in [0.15, 0.2) is 0 Å². The first kappa shape index (κ1) is 13.7. The van der Waals surface area contributed by atoms with Crippen LogP contribution in [0.1, 0.15) is 17.5 Å². The van der Waals surface area contributed by atoms with E-state index in [1.54, 1.807) is 0 Å². The monoisotopic (exact) mass is 233 g/mol. The predicted molar refractivity (Wildman–Crippen MR) is 68.4 cm³/mol. The van der Waals surface area contributed by atoms with Gasteiger partial charge in [-0.2, -0.15) is 0 Å². The maximum Gasteiger partial charge on any atom is 0.0558 e. The Hall–Kier alpha value is -1.34. The lowest BCUT2D eigenvalue weighted by Crippen LogP contribution is -2.21. The molecule has 1 aromatic carbocycles. The second-order valence-corrected chi connectivity index (χ2v) is 3.94. The first-order valence-corrected chi connectivity index (χ1v) is 5.74. The Morgan fingerprint density at radius 3 is 2.76 bits per heavy atom. The molecular formula is C14H19NO2. The van der Waals surface area contributed by atoms with Crippen molar-refractivity contribution in [3.05, 3.63) is 35.4 Å². The van der Waals surface area contributed by atoms with Crippen molar-refractivity contribution < 1.29 is 10.2 Å². The maximum atomic E-state index is 8.82. The minimum atomic E-state index is 0.103. The second-order valence-electron chi connectivity index (χ2n) is 3.94. The summed E-state index contributed by atoms with van der Waals surface area (Å²) in [5.41, 5.74) is 2.14. The van der Waals surface area contributed by atoms with Gasteiger partial charge in [0.05, 0.1) is 13.2 Å². The van der Waals surface area contributed by atoms with E-state index in [0.717, 1.165) is 12.1 Å². The molecule has 0 spiro atoms. The van der Waals surface area contributed by atoms with Gasteiger partial charge in [0, 0.05) is 25.1 Å². The molecule has 1 rings (SSSR count). The van der Waals surface area contributed by atoms with Crippen LogP contribution in [0, 0.1) is 11.8 Å². The molecule has 92 valence electrons. The van der Waals surface area contributed by atoms with Crippen molar-refractivity contribution in [3.63, 3.8) is 0 Å². The molecular weight excluding hydrogens is 214 g/mol. The fraction of sp³-hybridized carbons (Fsp3) is 0.429. The largest absolute Gasteiger partial charge is 0.395 e. The summed E-state index contributed by atoms with van der Waals surface area (Å²) in [6.07, 6.45) is 0.509. The highest BCUT2D eigenvalue weighted by Crippen LogP contribution is 2.06. The number of benzene rings is 1. The van der Waals surface area contributed by atoms with Crippen molar-refractivity contribution in [1.82, 2.24) is 4.90 Å². The van der Waals surface area contributed by atoms with Crippen LogP contribution in [0.15, 0.2) is 24.3 Å². The van der Waals surface area contributed by atoms with Crippen LogP contribution < -0.4 is 0 Å². The molecule has 0 fully saturated rings. The van der Waals surface area contributed by atoms with Crippen molar-refractivity contribution in [2.24, 2.45) is 0 Å². The zero-order valence-electron chi connectivity index (χ0n) is 10.2. The van der Waals surface area contributed by atoms with Crippen LogP contribution in [-0.4, -0.2) is 41.9 Å². The van der Waals surface area contributed by atoms with Gasteiger partial charge in [-0.25, -0.2) is 0 Å². The minimum absolute atomic E-state index is 0.103. The van der Waals surface area contributed by atoms with Crippen molar-refractivity contribution in [1.29, 1.82) is 0 Å². The summed E-state index contributed by atoms with van der Waals surface area (Å²) in [7, 11) is 1.97. The van der Waals surface area contributed by atoms with Gasteiger partial charge in [-0.05, 0) is 24.7 Å². The Labute approximate surface area is 103 Å². The Morgan fingerprint density at radius 1 is 1.24 bits per heavy atom. The highest BCUT2D eigenvalue weighted by atomic mass is 16.3. The molecule has 2 N–H and O–H groups in total. The number of hydrogen-bond donors (Lipinski definition) is 2. The van der Waals surface area contributed by atoms with Crippen LogP contribution >= 0.6 is 0 Å². The number of rotatable bonds is 5. The smallest absolute Gasteiger partial charge is 0.0558 e. The van der Waals surface area contributed by atoms with E-state index < -0.39 is 0 Å². The molecule has 0 saturated heterocycles. The number of hydrogen-bond acceptors (Lipinski definition) is 3. The summed E-state index contributed by atoms with van der Waals surface area (Å²) in [6.45, 7) is 1.74. The Balaban J connectivity index is 2.63. The number of aliphatic hydroxyl groups excluding tert-OH is 2. The van der Waals surface area contributed by atoms with Crippen LogP contribution in [0.3, 0.4) is 0 Å². The topological polar surface area (TPSA) is 43.7 Å². The molecule has 0 heterocycles. The number of likely N-dealkylation sites (N-methyl/N-ethyl adjacent to an activating group) is 1. The molecule has 0 aromatic heterocycles. The normalized spacial score (nSPS) is 10.1. The average molecular weight is 233 g/mol. The fourth-order valence-electron chi connectivity index (χ4n) is 1.53. The molecule has 3 nitrogen and oxygen atoms in total. The van der Waals surface area contributed by atoms with Crippen LogP contribution in [0.25, 0.3) is 0 Å². The molecule has 0 aliphatic carbocycles. The molecule has 17 heavy (non-hydrogen) atoms. The number of aliphatic hydroxyl groups is 2. The molecule has 0 aliphatic heterocycles. The van der Waals surface area contributed by atoms with Gasteiger partial charge in [-0.3, -0.25) is 4.90 Å². The molecule has 0 atom stereocenters. The SMILES string of the molecule is CN(CCO)Cc1cccc(C#CCCO)c1. The fourth-order valence-corrected chi connectivity index (χ4v) is 1.53. The third-order valence-electron chi connectivity index (χ3n) is 2.33. The molecule has 0 saturated carbocycles. The van der Waals surface area contributed by atoms with E-state index in [0.29, 0.717) is 13.0 Å². The van der Waals surface area contributed by atoms with Crippen LogP contribution in [-0.2, 0) is 6.54 Å². The van der Waals surface area contributed by atoms with Gasteiger partial charge in [0.1, 0.15) is 0 Å². The maximum absolute atomic E-state index is 8.82. The van der Waals surface area contributed by atoms with Gasteiger partial charge < -0.3 is 10.2 Å². The Bertz CT molecular complexity index is 393. The third-order valence-corrected chi connectivity index (χ3v) is 2.33. The summed E-state index contributed by atoms with van der Waals surface area (Å²) in [6, 6.07) is 8.02. The zero-order chi connectivity index (χ0) is 12.5. The van der Waals surface area contributed by atoms with Gasteiger partial charge in [-0.1, -0.05) is 24.0 Å². The summed E-state index contributed by atoms with van der Waals surface area (Å²) in [5.74, 6) is 5.92. The average Bonchev–Trinajstić information content (AvgIpc) is 2.30. The van der Waals surface area contributed by atoms with Crippen molar-refractivity contribution >= 4 is 0 Å². The molecule has 3 heteroatoms. The van der Waals surface area contributed by atoms with Crippen molar-refractivity contribution in [2.75, 3.05) is 26.8 Å². The molecule has 0 radical (unpaired) electrons. The van der Waals surface area contributed by atoms with E-state index in [1.807, 2.05) is 31.3 Å². The molecule has 0 bridgehead atoms. The first-order valence-electron chi connectivity index (χ1n) is 5.74. The lowest BCUT2D eigenvalue weighted by Gasteiger charge is -2.14. The number of nitrogens with zero attached hydrogens (tertiary/aromatic N) is 1. The third kappa shape index (κ3) is 5.50. The van der Waals surface area contributed by atoms with E-state index in [4.69, 9.17) is 10.2 Å². The first-order chi connectivity index (χ1) is 8.26. The van der Waals surface area contributed by atoms with E-state index in [9.17, 15) is 0 Å². The molecule has 0 amide bonds. The van der Waals surface area contributed by atoms with E-state index in [-0.39, 0.29) is 13.2 Å². The zero-order valence-corrected chi connectivity index (χ0v) is 10.2. The molecule has 1 aromatic rings. The van der Waals surface area contributed by atoms with Crippen LogP contribution in [0.5, 0.6) is 0 Å². The van der Waals surface area contributed by atoms with Crippen molar-refractivity contribution in [2.45, 2.75) is 13.0 Å². The quantitative estimate of drug-likeness (QED) is 0.741. The summed E-state index contributed by atoms with van der Waals surface area (Å²) >= 11 is 0. The summed E-state index contributed by atoms with van der Waals surface area (Å²) < 4.78 is 0. The molecule has 0 unspecified atom stereocenters. The van der Waals surface area contributed by atoms with E-state index >= 15 is 0 Å². The van der Waals surface area contributed by atoms with Crippen LogP contribution in [0.4, 0.5) is 0 Å². The highest BCUT2D eigenvalue weighted by molar-refractivity contribution is 5.37. The minimum Gasteiger partial charge on any atom is -0.395 e. The lowest BCUT2D eigenvalue weighted by atomic mass is 10.1. The van der Waals surface area contributed by atoms with Gasteiger partial charge >= 0.3 is 0 Å². The van der Waals surface area contributed by atoms with Gasteiger partial charge in [-0.15, -0.1) is 0 Å². The Morgan fingerprint density at radius 2 is 2.06 bits per heavy atom. The van der Waals surface area contributed by atoms with Crippen molar-refractivity contribution in [3.8, 4) is 11.8 Å². The van der Waals surface area contributed by atoms with Gasteiger partial charge in [0.25, 0.3) is 0 Å². The summed E-state index contributed by atoms with van der Waals surface area (Å²) in [5, 5.41) is 17.5.